The highest BCUT2D eigenvalue weighted by Crippen LogP contribution is 2.28. The lowest BCUT2D eigenvalue weighted by atomic mass is 9.84. The van der Waals surface area contributed by atoms with E-state index in [0.29, 0.717) is 24.9 Å². The minimum Gasteiger partial charge on any atom is -0.508 e. The number of nitrogens with one attached hydrogen (secondary N) is 9. The summed E-state index contributed by atoms with van der Waals surface area (Å²) in [5, 5.41) is 53.6. The van der Waals surface area contributed by atoms with Crippen molar-refractivity contribution in [2.45, 2.75) is 166 Å². The summed E-state index contributed by atoms with van der Waals surface area (Å²) in [7, 11) is 1.51. The molecule has 3 aromatic rings. The van der Waals surface area contributed by atoms with E-state index in [2.05, 4.69) is 52.5 Å². The molecule has 0 radical (unpaired) electrons. The van der Waals surface area contributed by atoms with Crippen molar-refractivity contribution in [3.8, 4) is 5.75 Å². The molecule has 476 valence electrons. The highest BCUT2D eigenvalue weighted by molar-refractivity contribution is 5.99. The van der Waals surface area contributed by atoms with Crippen LogP contribution in [0.15, 0.2) is 71.9 Å². The summed E-state index contributed by atoms with van der Waals surface area (Å²) in [4.78, 5) is 144. The summed E-state index contributed by atoms with van der Waals surface area (Å²) in [6, 6.07) is 3.79. The van der Waals surface area contributed by atoms with E-state index in [1.807, 2.05) is 38.1 Å². The zero-order valence-corrected chi connectivity index (χ0v) is 50.1. The van der Waals surface area contributed by atoms with Crippen LogP contribution < -0.4 is 59.7 Å². The number of aliphatic imine (C=N–C) groups is 1. The lowest BCUT2D eigenvalue weighted by molar-refractivity contribution is -0.142. The van der Waals surface area contributed by atoms with Crippen molar-refractivity contribution in [3.63, 3.8) is 0 Å². The first-order chi connectivity index (χ1) is 41.3. The number of hydrogen-bond donors (Lipinski definition) is 15. The molecule has 2 heterocycles. The average molecular weight is 1210 g/mol. The molecule has 1 aromatic heterocycles. The fourth-order valence-electron chi connectivity index (χ4n) is 10.9. The fraction of sp³-hybridized carbons (Fsp3) is 0.550. The van der Waals surface area contributed by atoms with Gasteiger partial charge in [0.1, 0.15) is 48.0 Å². The minimum atomic E-state index is -1.77. The number of nitrogens with two attached hydrogens (primary N) is 3. The number of benzene rings is 2. The van der Waals surface area contributed by atoms with Gasteiger partial charge in [-0.15, -0.1) is 0 Å². The van der Waals surface area contributed by atoms with Crippen molar-refractivity contribution in [2.75, 3.05) is 26.7 Å². The lowest BCUT2D eigenvalue weighted by Gasteiger charge is -2.30. The topological polar surface area (TPSA) is 437 Å². The predicted molar refractivity (Wildman–Crippen MR) is 323 cm³/mol. The molecule has 0 bridgehead atoms. The zero-order valence-electron chi connectivity index (χ0n) is 50.1. The van der Waals surface area contributed by atoms with E-state index < -0.39 is 126 Å². The molecule has 18 N–H and O–H groups in total. The van der Waals surface area contributed by atoms with Gasteiger partial charge in [-0.1, -0.05) is 88.4 Å². The number of para-hydroxylation sites is 1. The van der Waals surface area contributed by atoms with E-state index in [1.54, 1.807) is 30.5 Å². The van der Waals surface area contributed by atoms with Crippen LogP contribution in [0.25, 0.3) is 10.9 Å². The minimum absolute atomic E-state index is 0.00967. The molecular formula is C60H88N14O13. The van der Waals surface area contributed by atoms with Crippen molar-refractivity contribution < 1.29 is 63.3 Å². The molecule has 1 saturated heterocycles. The smallest absolute Gasteiger partial charge is 0.246 e. The monoisotopic (exact) mass is 1210 g/mol. The highest BCUT2D eigenvalue weighted by Gasteiger charge is 2.43. The molecule has 5 rings (SSSR count). The van der Waals surface area contributed by atoms with Crippen LogP contribution in [0.2, 0.25) is 0 Å². The van der Waals surface area contributed by atoms with Crippen molar-refractivity contribution in [3.05, 3.63) is 78.0 Å². The number of hydrogen-bond acceptors (Lipinski definition) is 14. The molecule has 27 nitrogen and oxygen atoms in total. The normalized spacial score (nSPS) is 18.3. The number of guanidine groups is 1. The summed E-state index contributed by atoms with van der Waals surface area (Å²) >= 11 is 0. The number of nitrogens with zero attached hydrogens (tertiary/aromatic N) is 2. The molecule has 2 aliphatic rings. The van der Waals surface area contributed by atoms with Crippen molar-refractivity contribution >= 4 is 75.9 Å². The second-order valence-electron chi connectivity index (χ2n) is 23.0. The second kappa shape index (κ2) is 33.9. The van der Waals surface area contributed by atoms with E-state index in [0.717, 1.165) is 53.5 Å². The number of aromatic nitrogens is 1. The molecule has 2 aromatic carbocycles. The maximum Gasteiger partial charge on any atom is 0.246 e. The quantitative estimate of drug-likeness (QED) is 0.0153. The number of carbonyl (C=O) groups excluding carboxylic acids is 10. The highest BCUT2D eigenvalue weighted by atomic mass is 16.3. The third-order valence-electron chi connectivity index (χ3n) is 15.4. The number of H-pyrrole nitrogens is 1. The standard InChI is InChI=1S/C60H88N14O13/c1-33(2)25-38(53(81)69-44(18-12-24-66-60(63)64-5)55(83)70-45(52(62)80)28-39-31-67-43-17-10-9-16-42(39)43)15-11-23-65-54(82)46(26-36-13-7-6-8-14-36)72-58(86)51(34(3)75)73-56(84)47(30-50(61)79)71-57(85)49-29-41(78)32-74(49)59(87)48(68-35(4)76)27-37-19-21-40(77)22-20-37/h9-11,15-17,19-22,31,33-34,36,38,41,44-49,51,67,75,77-78H,6-8,12-14,18,23-30,32H2,1-5H3,(H2,61,79)(H2,62,80)(H,65,82)(H,68,76)(H,69,81)(H,70,83)(H,71,85)(H,72,86)(H,73,84)(H3,63,64,66)/t34-,38+,41-,44+,45+,46+,47+,48-,49+,51+/m1/s1. The maximum absolute atomic E-state index is 14.2. The predicted octanol–water partition coefficient (Wildman–Crippen LogP) is -1.09. The number of phenols is 1. The van der Waals surface area contributed by atoms with Crippen molar-refractivity contribution in [2.24, 2.45) is 39.9 Å². The van der Waals surface area contributed by atoms with E-state index >= 15 is 0 Å². The van der Waals surface area contributed by atoms with Gasteiger partial charge in [0.15, 0.2) is 5.96 Å². The molecule has 0 spiro atoms. The summed E-state index contributed by atoms with van der Waals surface area (Å²) in [6.07, 6.45) is 6.42. The Labute approximate surface area is 506 Å². The Hall–Kier alpha value is -8.59. The molecule has 1 aliphatic heterocycles. The van der Waals surface area contributed by atoms with Crippen LogP contribution in [0.1, 0.15) is 109 Å². The van der Waals surface area contributed by atoms with Crippen molar-refractivity contribution in [1.82, 2.24) is 52.4 Å². The van der Waals surface area contributed by atoms with Gasteiger partial charge in [-0.25, -0.2) is 0 Å². The van der Waals surface area contributed by atoms with Gasteiger partial charge in [-0.2, -0.15) is 0 Å². The first-order valence-corrected chi connectivity index (χ1v) is 29.6. The number of fused-ring (bicyclic) bond motifs is 1. The Kier molecular flexibility index (Phi) is 27.0. The summed E-state index contributed by atoms with van der Waals surface area (Å²) in [5.74, 6) is -8.61. The number of carbonyl (C=O) groups is 10. The molecular weight excluding hydrogens is 1120 g/mol. The SMILES string of the molecule is CN=C(N)NCCC[C@H](NC(=O)[C@@H](C=CCNC(=O)[C@H](CC1CCCCC1)NC(=O)[C@@H](NC(=O)[C@H](CC(N)=O)NC(=O)[C@@H]1C[C@@H](O)CN1C(=O)[C@@H](Cc1ccc(O)cc1)NC(C)=O)[C@@H](C)O)CC(C)C)C(=O)N[C@@H](Cc1c[nH]c2ccccc12)C(N)=O. The summed E-state index contributed by atoms with van der Waals surface area (Å²) < 4.78 is 0. The zero-order chi connectivity index (χ0) is 63.9. The third kappa shape index (κ3) is 22.0. The Morgan fingerprint density at radius 2 is 1.43 bits per heavy atom. The first-order valence-electron chi connectivity index (χ1n) is 29.6. The van der Waals surface area contributed by atoms with E-state index in [4.69, 9.17) is 17.2 Å². The molecule has 0 unspecified atom stereocenters. The summed E-state index contributed by atoms with van der Waals surface area (Å²) in [6.45, 7) is 6.11. The number of aromatic hydroxyl groups is 1. The van der Waals surface area contributed by atoms with E-state index in [-0.39, 0.29) is 68.7 Å². The average Bonchev–Trinajstić information content (AvgIpc) is 3.52. The van der Waals surface area contributed by atoms with Gasteiger partial charge in [0.25, 0.3) is 0 Å². The largest absolute Gasteiger partial charge is 0.508 e. The number of amides is 10. The molecule has 87 heavy (non-hydrogen) atoms. The molecule has 1 saturated carbocycles. The van der Waals surface area contributed by atoms with E-state index in [9.17, 15) is 63.3 Å². The van der Waals surface area contributed by atoms with Crippen LogP contribution in [-0.2, 0) is 60.8 Å². The third-order valence-corrected chi connectivity index (χ3v) is 15.4. The van der Waals surface area contributed by atoms with Gasteiger partial charge in [0.05, 0.1) is 24.5 Å². The Morgan fingerprint density at radius 1 is 0.759 bits per heavy atom. The number of β-amino-alcohol motifs (C(OH)–C–C–N with tert-alkyl or cyclic N) is 1. The molecule has 2 fully saturated rings. The van der Waals surface area contributed by atoms with Crippen LogP contribution in [0.4, 0.5) is 0 Å². The number of aromatic amines is 1. The number of likely N-dealkylation sites (tertiary alicyclic amines) is 1. The number of phenolic OH excluding ortho intramolecular Hbond substituents is 1. The number of primary amides is 2. The molecule has 1 aliphatic carbocycles. The van der Waals surface area contributed by atoms with Crippen LogP contribution in [-0.4, -0.2) is 171 Å². The summed E-state index contributed by atoms with van der Waals surface area (Å²) in [5.41, 5.74) is 19.3. The van der Waals surface area contributed by atoms with Gasteiger partial charge < -0.3 is 84.9 Å². The van der Waals surface area contributed by atoms with Gasteiger partial charge in [-0.3, -0.25) is 52.9 Å². The molecule has 10 amide bonds. The number of aliphatic hydroxyl groups is 2. The first kappa shape index (κ1) is 69.2. The molecule has 10 atom stereocenters. The van der Waals surface area contributed by atoms with Crippen LogP contribution in [0.5, 0.6) is 5.75 Å². The second-order valence-corrected chi connectivity index (χ2v) is 23.0. The Bertz CT molecular complexity index is 2920. The van der Waals surface area contributed by atoms with Gasteiger partial charge in [-0.05, 0) is 73.8 Å². The number of rotatable bonds is 32. The lowest BCUT2D eigenvalue weighted by Crippen LogP contribution is -2.61. The van der Waals surface area contributed by atoms with Gasteiger partial charge >= 0.3 is 0 Å². The maximum atomic E-state index is 14.2. The number of aliphatic hydroxyl groups excluding tert-OH is 2. The van der Waals surface area contributed by atoms with Crippen LogP contribution in [0, 0.1) is 17.8 Å². The van der Waals surface area contributed by atoms with E-state index in [1.165, 1.54) is 33.0 Å². The van der Waals surface area contributed by atoms with Crippen LogP contribution in [0.3, 0.4) is 0 Å². The Balaban J connectivity index is 1.27. The fourth-order valence-corrected chi connectivity index (χ4v) is 10.9. The Morgan fingerprint density at radius 3 is 2.07 bits per heavy atom. The van der Waals surface area contributed by atoms with Gasteiger partial charge in [0.2, 0.25) is 59.1 Å². The van der Waals surface area contributed by atoms with Crippen molar-refractivity contribution in [1.29, 1.82) is 0 Å². The molecule has 27 heteroatoms. The van der Waals surface area contributed by atoms with Crippen LogP contribution >= 0.6 is 0 Å². The van der Waals surface area contributed by atoms with Gasteiger partial charge in [0, 0.05) is 70.0 Å².